The molecule has 0 aromatic carbocycles. The van der Waals surface area contributed by atoms with Gasteiger partial charge in [-0.2, -0.15) is 16.7 Å². The molecule has 0 bridgehead atoms. The van der Waals surface area contributed by atoms with E-state index in [2.05, 4.69) is 45.1 Å². The lowest BCUT2D eigenvalue weighted by Crippen LogP contribution is -2.33. The molecule has 0 amide bonds. The van der Waals surface area contributed by atoms with E-state index in [1.165, 1.54) is 0 Å². The maximum Gasteiger partial charge on any atom is 0.231 e. The van der Waals surface area contributed by atoms with Gasteiger partial charge in [-0.25, -0.2) is 0 Å². The molecule has 1 aliphatic rings. The Morgan fingerprint density at radius 1 is 1.33 bits per heavy atom. The number of rotatable bonds is 6. The molecular formula is C15H27N3OS2. The van der Waals surface area contributed by atoms with Crippen LogP contribution in [-0.4, -0.2) is 39.0 Å². The van der Waals surface area contributed by atoms with Crippen LogP contribution in [0.2, 0.25) is 0 Å². The molecule has 4 nitrogen and oxygen atoms in total. The van der Waals surface area contributed by atoms with Crippen LogP contribution in [0, 0.1) is 0 Å². The van der Waals surface area contributed by atoms with Crippen molar-refractivity contribution in [1.82, 2.24) is 15.5 Å². The number of nitrogens with one attached hydrogen (secondary N) is 1. The SMILES string of the molecule is CCNC(CC)C(C)c1nc(C2CSC(C)C(C)S2)no1. The third-order valence-corrected chi connectivity index (χ3v) is 7.58. The minimum Gasteiger partial charge on any atom is -0.339 e. The molecule has 120 valence electrons. The minimum atomic E-state index is 0.258. The Morgan fingerprint density at radius 3 is 2.71 bits per heavy atom. The molecule has 0 aliphatic carbocycles. The summed E-state index contributed by atoms with van der Waals surface area (Å²) in [6.07, 6.45) is 1.06. The minimum absolute atomic E-state index is 0.258. The van der Waals surface area contributed by atoms with E-state index in [0.717, 1.165) is 30.4 Å². The van der Waals surface area contributed by atoms with Gasteiger partial charge in [0, 0.05) is 22.3 Å². The second-order valence-corrected chi connectivity index (χ2v) is 8.72. The Labute approximate surface area is 136 Å². The molecule has 1 aliphatic heterocycles. The van der Waals surface area contributed by atoms with Crippen molar-refractivity contribution in [2.24, 2.45) is 0 Å². The van der Waals surface area contributed by atoms with Gasteiger partial charge in [-0.15, -0.1) is 11.8 Å². The van der Waals surface area contributed by atoms with Gasteiger partial charge < -0.3 is 9.84 Å². The van der Waals surface area contributed by atoms with Crippen LogP contribution in [0.25, 0.3) is 0 Å². The van der Waals surface area contributed by atoms with E-state index in [9.17, 15) is 0 Å². The number of thioether (sulfide) groups is 2. The lowest BCUT2D eigenvalue weighted by molar-refractivity contribution is 0.319. The van der Waals surface area contributed by atoms with Crippen LogP contribution in [-0.2, 0) is 0 Å². The number of hydrogen-bond donors (Lipinski definition) is 1. The van der Waals surface area contributed by atoms with Crippen molar-refractivity contribution < 1.29 is 4.52 Å². The molecule has 1 aromatic rings. The number of likely N-dealkylation sites (N-methyl/N-ethyl adjacent to an activating group) is 1. The van der Waals surface area contributed by atoms with Gasteiger partial charge in [-0.3, -0.25) is 0 Å². The predicted octanol–water partition coefficient (Wildman–Crippen LogP) is 3.86. The van der Waals surface area contributed by atoms with Gasteiger partial charge in [0.25, 0.3) is 0 Å². The highest BCUT2D eigenvalue weighted by atomic mass is 32.2. The third-order valence-electron chi connectivity index (χ3n) is 4.20. The van der Waals surface area contributed by atoms with Gasteiger partial charge in [-0.05, 0) is 13.0 Å². The molecule has 2 rings (SSSR count). The fraction of sp³-hybridized carbons (Fsp3) is 0.867. The first-order valence-corrected chi connectivity index (χ1v) is 9.89. The summed E-state index contributed by atoms with van der Waals surface area (Å²) < 4.78 is 5.55. The monoisotopic (exact) mass is 329 g/mol. The third kappa shape index (κ3) is 4.17. The molecule has 5 unspecified atom stereocenters. The first kappa shape index (κ1) is 17.2. The summed E-state index contributed by atoms with van der Waals surface area (Å²) in [4.78, 5) is 4.69. The highest BCUT2D eigenvalue weighted by molar-refractivity contribution is 8.07. The van der Waals surface area contributed by atoms with Crippen LogP contribution in [0.4, 0.5) is 0 Å². The van der Waals surface area contributed by atoms with E-state index < -0.39 is 0 Å². The van der Waals surface area contributed by atoms with Crippen LogP contribution >= 0.6 is 23.5 Å². The van der Waals surface area contributed by atoms with Crippen molar-refractivity contribution in [1.29, 1.82) is 0 Å². The maximum absolute atomic E-state index is 5.55. The predicted molar refractivity (Wildman–Crippen MR) is 92.2 cm³/mol. The Hall–Kier alpha value is -0.200. The van der Waals surface area contributed by atoms with E-state index in [4.69, 9.17) is 9.51 Å². The summed E-state index contributed by atoms with van der Waals surface area (Å²) in [6, 6.07) is 0.399. The fourth-order valence-corrected chi connectivity index (χ4v) is 5.42. The van der Waals surface area contributed by atoms with Gasteiger partial charge in [0.1, 0.15) is 0 Å². The molecule has 0 spiro atoms. The lowest BCUT2D eigenvalue weighted by Gasteiger charge is -2.29. The first-order valence-electron chi connectivity index (χ1n) is 7.90. The number of nitrogens with zero attached hydrogens (tertiary/aromatic N) is 2. The van der Waals surface area contributed by atoms with Gasteiger partial charge in [0.2, 0.25) is 5.89 Å². The van der Waals surface area contributed by atoms with E-state index >= 15 is 0 Å². The zero-order valence-electron chi connectivity index (χ0n) is 13.6. The average molecular weight is 330 g/mol. The summed E-state index contributed by atoms with van der Waals surface area (Å²) in [6.45, 7) is 12.0. The molecule has 1 saturated heterocycles. The van der Waals surface area contributed by atoms with Crippen molar-refractivity contribution in [3.63, 3.8) is 0 Å². The van der Waals surface area contributed by atoms with Crippen molar-refractivity contribution in [3.05, 3.63) is 11.7 Å². The van der Waals surface area contributed by atoms with Crippen LogP contribution in [0.1, 0.15) is 63.9 Å². The summed E-state index contributed by atoms with van der Waals surface area (Å²) in [5.41, 5.74) is 0. The van der Waals surface area contributed by atoms with Gasteiger partial charge in [0.15, 0.2) is 5.82 Å². The molecule has 0 saturated carbocycles. The summed E-state index contributed by atoms with van der Waals surface area (Å²) in [5.74, 6) is 2.98. The molecule has 1 aromatic heterocycles. The van der Waals surface area contributed by atoms with Gasteiger partial charge in [0.05, 0.1) is 11.2 Å². The van der Waals surface area contributed by atoms with E-state index in [0.29, 0.717) is 21.8 Å². The Kier molecular flexibility index (Phi) is 6.44. The molecule has 1 fully saturated rings. The molecule has 0 radical (unpaired) electrons. The Bertz CT molecular complexity index is 424. The second kappa shape index (κ2) is 7.88. The molecule has 2 heterocycles. The Morgan fingerprint density at radius 2 is 2.10 bits per heavy atom. The maximum atomic E-state index is 5.55. The zero-order valence-corrected chi connectivity index (χ0v) is 15.3. The summed E-state index contributed by atoms with van der Waals surface area (Å²) >= 11 is 3.99. The zero-order chi connectivity index (χ0) is 15.4. The first-order chi connectivity index (χ1) is 10.1. The molecule has 1 N–H and O–H groups in total. The van der Waals surface area contributed by atoms with E-state index in [1.807, 2.05) is 23.5 Å². The molecule has 5 atom stereocenters. The van der Waals surface area contributed by atoms with Crippen LogP contribution < -0.4 is 5.32 Å². The number of aromatic nitrogens is 2. The van der Waals surface area contributed by atoms with Crippen LogP contribution in [0.3, 0.4) is 0 Å². The summed E-state index contributed by atoms with van der Waals surface area (Å²) in [7, 11) is 0. The molecular weight excluding hydrogens is 302 g/mol. The van der Waals surface area contributed by atoms with Crippen molar-refractivity contribution in [2.75, 3.05) is 12.3 Å². The smallest absolute Gasteiger partial charge is 0.231 e. The number of hydrogen-bond acceptors (Lipinski definition) is 6. The molecule has 6 heteroatoms. The van der Waals surface area contributed by atoms with E-state index in [1.54, 1.807) is 0 Å². The van der Waals surface area contributed by atoms with Gasteiger partial charge >= 0.3 is 0 Å². The van der Waals surface area contributed by atoms with Crippen molar-refractivity contribution in [2.45, 2.75) is 68.7 Å². The second-order valence-electron chi connectivity index (χ2n) is 5.72. The standard InChI is InChI=1S/C15H27N3OS2/c1-6-12(16-7-2)9(3)15-17-14(18-19-15)13-8-20-10(4)11(5)21-13/h9-13,16H,6-8H2,1-5H3. The topological polar surface area (TPSA) is 51.0 Å². The van der Waals surface area contributed by atoms with Crippen LogP contribution in [0.15, 0.2) is 4.52 Å². The largest absolute Gasteiger partial charge is 0.339 e. The van der Waals surface area contributed by atoms with Crippen LogP contribution in [0.5, 0.6) is 0 Å². The Balaban J connectivity index is 2.03. The van der Waals surface area contributed by atoms with Gasteiger partial charge in [-0.1, -0.05) is 39.8 Å². The fourth-order valence-electron chi connectivity index (χ4n) is 2.59. The highest BCUT2D eigenvalue weighted by Crippen LogP contribution is 2.43. The summed E-state index contributed by atoms with van der Waals surface area (Å²) in [5, 5.41) is 9.45. The highest BCUT2D eigenvalue weighted by Gasteiger charge is 2.31. The normalized spacial score (nSPS) is 29.3. The lowest BCUT2D eigenvalue weighted by atomic mass is 9.99. The van der Waals surface area contributed by atoms with E-state index in [-0.39, 0.29) is 5.92 Å². The van der Waals surface area contributed by atoms with Crippen molar-refractivity contribution in [3.8, 4) is 0 Å². The average Bonchev–Trinajstić information content (AvgIpc) is 2.96. The molecule has 21 heavy (non-hydrogen) atoms. The quantitative estimate of drug-likeness (QED) is 0.855. The van der Waals surface area contributed by atoms with Crippen molar-refractivity contribution >= 4 is 23.5 Å².